The summed E-state index contributed by atoms with van der Waals surface area (Å²) in [7, 11) is 1.51. The monoisotopic (exact) mass is 390 g/mol. The van der Waals surface area contributed by atoms with E-state index in [1.54, 1.807) is 18.2 Å². The van der Waals surface area contributed by atoms with E-state index in [9.17, 15) is 18.4 Å². The zero-order valence-corrected chi connectivity index (χ0v) is 15.9. The van der Waals surface area contributed by atoms with Crippen LogP contribution in [0.25, 0.3) is 11.6 Å². The molecule has 0 N–H and O–H groups in total. The van der Waals surface area contributed by atoms with Crippen molar-refractivity contribution in [1.82, 2.24) is 4.98 Å². The molecule has 2 rings (SSSR count). The van der Waals surface area contributed by atoms with Crippen molar-refractivity contribution >= 4 is 11.6 Å². The molecule has 0 spiro atoms. The molecule has 0 aliphatic heterocycles. The maximum Gasteiger partial charge on any atom is 0.417 e. The van der Waals surface area contributed by atoms with E-state index >= 15 is 0 Å². The molecule has 1 aromatic heterocycles. The molecular formula is C21H21F3N2O2. The number of methoxy groups -OCH3 is 1. The van der Waals surface area contributed by atoms with Crippen LogP contribution in [0.1, 0.15) is 37.1 Å². The van der Waals surface area contributed by atoms with E-state index in [0.717, 1.165) is 12.5 Å². The molecular weight excluding hydrogens is 369 g/mol. The van der Waals surface area contributed by atoms with Crippen molar-refractivity contribution in [2.75, 3.05) is 13.7 Å². The van der Waals surface area contributed by atoms with Crippen LogP contribution in [-0.4, -0.2) is 18.7 Å². The number of nitrogens with zero attached hydrogens (tertiary/aromatic N) is 2. The van der Waals surface area contributed by atoms with Gasteiger partial charge in [0.05, 0.1) is 30.5 Å². The fraction of sp³-hybridized carbons (Fsp3) is 0.333. The van der Waals surface area contributed by atoms with Gasteiger partial charge in [-0.2, -0.15) is 18.4 Å². The number of hydrogen-bond acceptors (Lipinski definition) is 4. The molecule has 1 heterocycles. The van der Waals surface area contributed by atoms with Crippen molar-refractivity contribution in [3.63, 3.8) is 0 Å². The second-order valence-electron chi connectivity index (χ2n) is 6.54. The Balaban J connectivity index is 2.25. The van der Waals surface area contributed by atoms with Crippen molar-refractivity contribution in [2.24, 2.45) is 5.92 Å². The highest BCUT2D eigenvalue weighted by atomic mass is 19.4. The first-order valence-electron chi connectivity index (χ1n) is 8.71. The van der Waals surface area contributed by atoms with Crippen molar-refractivity contribution in [1.29, 1.82) is 5.26 Å². The number of ether oxygens (including phenoxy) is 2. The Kier molecular flexibility index (Phi) is 7.05. The lowest BCUT2D eigenvalue weighted by molar-refractivity contribution is -0.137. The van der Waals surface area contributed by atoms with Crippen LogP contribution in [0.2, 0.25) is 0 Å². The maximum atomic E-state index is 12.7. The van der Waals surface area contributed by atoms with Gasteiger partial charge in [-0.1, -0.05) is 19.9 Å². The molecule has 28 heavy (non-hydrogen) atoms. The third kappa shape index (κ3) is 5.74. The van der Waals surface area contributed by atoms with Crippen molar-refractivity contribution in [3.05, 3.63) is 53.3 Å². The number of pyridine rings is 1. The molecule has 0 amide bonds. The molecule has 4 nitrogen and oxygen atoms in total. The van der Waals surface area contributed by atoms with Gasteiger partial charge < -0.3 is 9.47 Å². The Morgan fingerprint density at radius 1 is 1.21 bits per heavy atom. The smallest absolute Gasteiger partial charge is 0.417 e. The van der Waals surface area contributed by atoms with Gasteiger partial charge in [-0.05, 0) is 48.2 Å². The van der Waals surface area contributed by atoms with Crippen LogP contribution in [-0.2, 0) is 6.18 Å². The molecule has 1 aromatic carbocycles. The lowest BCUT2D eigenvalue weighted by atomic mass is 10.1. The van der Waals surface area contributed by atoms with Crippen LogP contribution in [0.4, 0.5) is 13.2 Å². The standard InChI is InChI=1S/C21H21F3N2O2/c1-14(2)8-9-28-19-7-4-15(11-20(19)27-3)10-16(12-25)18-6-5-17(13-26-18)21(22,23)24/h4-7,10-11,13-14H,8-9H2,1-3H3/b16-10+. The van der Waals surface area contributed by atoms with Crippen LogP contribution >= 0.6 is 0 Å². The fourth-order valence-corrected chi connectivity index (χ4v) is 2.35. The van der Waals surface area contributed by atoms with Gasteiger partial charge in [0, 0.05) is 6.20 Å². The summed E-state index contributed by atoms with van der Waals surface area (Å²) in [6, 6.07) is 9.23. The quantitative estimate of drug-likeness (QED) is 0.578. The van der Waals surface area contributed by atoms with Crippen molar-refractivity contribution < 1.29 is 22.6 Å². The predicted molar refractivity (Wildman–Crippen MR) is 101 cm³/mol. The molecule has 148 valence electrons. The average Bonchev–Trinajstić information content (AvgIpc) is 2.66. The Morgan fingerprint density at radius 2 is 1.96 bits per heavy atom. The van der Waals surface area contributed by atoms with E-state index in [0.29, 0.717) is 35.8 Å². The number of rotatable bonds is 7. The van der Waals surface area contributed by atoms with Crippen LogP contribution in [0.5, 0.6) is 11.5 Å². The number of allylic oxidation sites excluding steroid dienone is 1. The molecule has 0 saturated carbocycles. The average molecular weight is 390 g/mol. The second-order valence-corrected chi connectivity index (χ2v) is 6.54. The van der Waals surface area contributed by atoms with E-state index in [4.69, 9.17) is 9.47 Å². The number of aromatic nitrogens is 1. The normalized spacial score (nSPS) is 12.0. The SMILES string of the molecule is COc1cc(/C=C(\C#N)c2ccc(C(F)(F)F)cn2)ccc1OCCC(C)C. The lowest BCUT2D eigenvalue weighted by Gasteiger charge is -2.12. The van der Waals surface area contributed by atoms with Gasteiger partial charge in [0.1, 0.15) is 6.07 Å². The number of benzene rings is 1. The van der Waals surface area contributed by atoms with Crippen LogP contribution in [0.15, 0.2) is 36.5 Å². The molecule has 0 bridgehead atoms. The van der Waals surface area contributed by atoms with Gasteiger partial charge in [-0.15, -0.1) is 0 Å². The minimum Gasteiger partial charge on any atom is -0.493 e. The lowest BCUT2D eigenvalue weighted by Crippen LogP contribution is -2.05. The predicted octanol–water partition coefficient (Wildman–Crippen LogP) is 5.60. The number of nitriles is 1. The first-order valence-corrected chi connectivity index (χ1v) is 8.71. The van der Waals surface area contributed by atoms with Crippen LogP contribution < -0.4 is 9.47 Å². The van der Waals surface area contributed by atoms with Crippen LogP contribution in [0, 0.1) is 17.2 Å². The Morgan fingerprint density at radius 3 is 2.50 bits per heavy atom. The first-order chi connectivity index (χ1) is 13.2. The summed E-state index contributed by atoms with van der Waals surface area (Å²) in [5.41, 5.74) is 0.0837. The summed E-state index contributed by atoms with van der Waals surface area (Å²) in [6.07, 6.45) is -1.31. The van der Waals surface area contributed by atoms with Gasteiger partial charge in [-0.3, -0.25) is 4.98 Å². The molecule has 0 aliphatic carbocycles. The minimum atomic E-state index is -4.47. The highest BCUT2D eigenvalue weighted by Crippen LogP contribution is 2.31. The summed E-state index contributed by atoms with van der Waals surface area (Å²) >= 11 is 0. The molecule has 0 saturated heterocycles. The Hall–Kier alpha value is -3.01. The van der Waals surface area contributed by atoms with Gasteiger partial charge >= 0.3 is 6.18 Å². The van der Waals surface area contributed by atoms with E-state index in [-0.39, 0.29) is 11.3 Å². The van der Waals surface area contributed by atoms with Gasteiger partial charge in [0.25, 0.3) is 0 Å². The molecule has 2 aromatic rings. The Bertz CT molecular complexity index is 867. The summed E-state index contributed by atoms with van der Waals surface area (Å²) in [4.78, 5) is 3.76. The maximum absolute atomic E-state index is 12.7. The molecule has 0 atom stereocenters. The number of halogens is 3. The second kappa shape index (κ2) is 9.27. The van der Waals surface area contributed by atoms with E-state index in [1.165, 1.54) is 19.3 Å². The largest absolute Gasteiger partial charge is 0.493 e. The van der Waals surface area contributed by atoms with E-state index < -0.39 is 11.7 Å². The van der Waals surface area contributed by atoms with Crippen molar-refractivity contribution in [2.45, 2.75) is 26.4 Å². The summed E-state index contributed by atoms with van der Waals surface area (Å²) in [6.45, 7) is 4.77. The molecule has 0 unspecified atom stereocenters. The van der Waals surface area contributed by atoms with Crippen LogP contribution in [0.3, 0.4) is 0 Å². The minimum absolute atomic E-state index is 0.143. The zero-order valence-electron chi connectivity index (χ0n) is 15.9. The highest BCUT2D eigenvalue weighted by Gasteiger charge is 2.30. The summed E-state index contributed by atoms with van der Waals surface area (Å²) in [5.74, 6) is 1.62. The fourth-order valence-electron chi connectivity index (χ4n) is 2.35. The third-order valence-corrected chi connectivity index (χ3v) is 3.94. The molecule has 0 fully saturated rings. The van der Waals surface area contributed by atoms with Gasteiger partial charge in [0.2, 0.25) is 0 Å². The summed E-state index contributed by atoms with van der Waals surface area (Å²) in [5, 5.41) is 9.38. The van der Waals surface area contributed by atoms with Gasteiger partial charge in [0.15, 0.2) is 11.5 Å². The number of hydrogen-bond donors (Lipinski definition) is 0. The van der Waals surface area contributed by atoms with Crippen molar-refractivity contribution in [3.8, 4) is 17.6 Å². The van der Waals surface area contributed by atoms with E-state index in [2.05, 4.69) is 18.8 Å². The van der Waals surface area contributed by atoms with Gasteiger partial charge in [-0.25, -0.2) is 0 Å². The molecule has 0 aliphatic rings. The summed E-state index contributed by atoms with van der Waals surface area (Å²) < 4.78 is 49.0. The first kappa shape index (κ1) is 21.3. The third-order valence-electron chi connectivity index (χ3n) is 3.94. The zero-order chi connectivity index (χ0) is 20.7. The molecule has 0 radical (unpaired) electrons. The topological polar surface area (TPSA) is 55.1 Å². The number of alkyl halides is 3. The Labute approximate surface area is 162 Å². The highest BCUT2D eigenvalue weighted by molar-refractivity contribution is 5.88. The van der Waals surface area contributed by atoms with E-state index in [1.807, 2.05) is 6.07 Å². The molecule has 7 heteroatoms.